The minimum atomic E-state index is -3.84. The molecule has 2 aromatic carbocycles. The summed E-state index contributed by atoms with van der Waals surface area (Å²) in [5, 5.41) is 18.6. The van der Waals surface area contributed by atoms with E-state index in [0.29, 0.717) is 34.0 Å². The lowest BCUT2D eigenvalue weighted by atomic mass is 10.1. The summed E-state index contributed by atoms with van der Waals surface area (Å²) in [5.74, 6) is -0.345. The van der Waals surface area contributed by atoms with Gasteiger partial charge in [-0.1, -0.05) is 11.6 Å². The molecule has 0 radical (unpaired) electrons. The summed E-state index contributed by atoms with van der Waals surface area (Å²) >= 11 is 6.11. The first-order valence-corrected chi connectivity index (χ1v) is 11.9. The molecule has 0 saturated heterocycles. The zero-order valence-corrected chi connectivity index (χ0v) is 19.9. The Bertz CT molecular complexity index is 1300. The highest BCUT2D eigenvalue weighted by Gasteiger charge is 2.21. The molecule has 0 saturated carbocycles. The average molecular weight is 476 g/mol. The lowest BCUT2D eigenvalue weighted by molar-refractivity contribution is 0.102. The number of aliphatic hydroxyl groups is 1. The third-order valence-corrected chi connectivity index (χ3v) is 6.52. The zero-order valence-electron chi connectivity index (χ0n) is 18.3. The van der Waals surface area contributed by atoms with E-state index >= 15 is 0 Å². The van der Waals surface area contributed by atoms with E-state index < -0.39 is 16.1 Å². The first-order chi connectivity index (χ1) is 14.9. The molecule has 1 heterocycles. The van der Waals surface area contributed by atoms with Crippen LogP contribution in [0.4, 0.5) is 5.69 Å². The number of nitrogens with one attached hydrogen (secondary N) is 1. The van der Waals surface area contributed by atoms with E-state index in [2.05, 4.69) is 5.32 Å². The summed E-state index contributed by atoms with van der Waals surface area (Å²) in [7, 11) is -3.84. The van der Waals surface area contributed by atoms with Gasteiger partial charge >= 0.3 is 0 Å². The van der Waals surface area contributed by atoms with Crippen LogP contribution in [0.2, 0.25) is 5.02 Å². The van der Waals surface area contributed by atoms with Crippen molar-refractivity contribution in [2.75, 3.05) is 5.32 Å². The van der Waals surface area contributed by atoms with Crippen molar-refractivity contribution in [3.8, 4) is 5.69 Å². The van der Waals surface area contributed by atoms with Crippen molar-refractivity contribution in [1.82, 2.24) is 4.57 Å². The molecule has 3 rings (SSSR count). The van der Waals surface area contributed by atoms with Crippen molar-refractivity contribution < 1.29 is 18.3 Å². The largest absolute Gasteiger partial charge is 0.393 e. The quantitative estimate of drug-likeness (QED) is 0.501. The minimum Gasteiger partial charge on any atom is -0.393 e. The van der Waals surface area contributed by atoms with Crippen LogP contribution in [0.1, 0.15) is 39.8 Å². The molecule has 9 heteroatoms. The first-order valence-electron chi connectivity index (χ1n) is 9.99. The van der Waals surface area contributed by atoms with Gasteiger partial charge in [-0.3, -0.25) is 4.79 Å². The predicted octanol–water partition coefficient (Wildman–Crippen LogP) is 3.88. The lowest BCUT2D eigenvalue weighted by Gasteiger charge is -2.16. The molecule has 0 aliphatic carbocycles. The van der Waals surface area contributed by atoms with Crippen LogP contribution in [-0.2, 0) is 16.4 Å². The van der Waals surface area contributed by atoms with Gasteiger partial charge in [-0.15, -0.1) is 0 Å². The first kappa shape index (κ1) is 24.0. The number of nitrogens with zero attached hydrogens (tertiary/aromatic N) is 1. The summed E-state index contributed by atoms with van der Waals surface area (Å²) in [4.78, 5) is 13.1. The molecule has 4 N–H and O–H groups in total. The number of nitrogens with two attached hydrogens (primary N) is 1. The Balaban J connectivity index is 2.02. The Labute approximate surface area is 192 Å². The molecular weight excluding hydrogens is 450 g/mol. The molecule has 32 heavy (non-hydrogen) atoms. The number of aromatic nitrogens is 1. The molecule has 7 nitrogen and oxygen atoms in total. The monoisotopic (exact) mass is 475 g/mol. The summed E-state index contributed by atoms with van der Waals surface area (Å²) < 4.78 is 25.2. The van der Waals surface area contributed by atoms with Crippen LogP contribution in [0.25, 0.3) is 5.69 Å². The zero-order chi connectivity index (χ0) is 23.8. The van der Waals surface area contributed by atoms with Crippen LogP contribution in [0.15, 0.2) is 47.4 Å². The third-order valence-electron chi connectivity index (χ3n) is 5.21. The van der Waals surface area contributed by atoms with E-state index in [1.807, 2.05) is 30.5 Å². The third kappa shape index (κ3) is 5.05. The number of sulfonamides is 1. The standard InChI is InChI=1S/C23H26ClN3O4S/c1-13-9-17(24)5-7-21(13)27-16(4)20(12-19(27)11-15(3)28)23(29)26-18-6-8-22(14(2)10-18)32(25,30)31/h5-10,12,15,28H,11H2,1-4H3,(H,26,29)(H2,25,30,31)/t15-/m0/s1. The highest BCUT2D eigenvalue weighted by molar-refractivity contribution is 7.89. The van der Waals surface area contributed by atoms with Crippen molar-refractivity contribution in [2.45, 2.75) is 45.1 Å². The molecule has 0 fully saturated rings. The molecule has 1 amide bonds. The van der Waals surface area contributed by atoms with Gasteiger partial charge in [0.15, 0.2) is 0 Å². The number of benzene rings is 2. The molecular formula is C23H26ClN3O4S. The predicted molar refractivity (Wildman–Crippen MR) is 126 cm³/mol. The van der Waals surface area contributed by atoms with E-state index in [1.54, 1.807) is 32.0 Å². The molecule has 0 aliphatic heterocycles. The van der Waals surface area contributed by atoms with Crippen LogP contribution in [0, 0.1) is 20.8 Å². The maximum absolute atomic E-state index is 13.1. The number of halogens is 1. The molecule has 170 valence electrons. The van der Waals surface area contributed by atoms with Crippen molar-refractivity contribution in [1.29, 1.82) is 0 Å². The van der Waals surface area contributed by atoms with Crippen LogP contribution in [-0.4, -0.2) is 30.1 Å². The van der Waals surface area contributed by atoms with Gasteiger partial charge in [0.25, 0.3) is 5.91 Å². The molecule has 0 unspecified atom stereocenters. The van der Waals surface area contributed by atoms with Crippen LogP contribution < -0.4 is 10.5 Å². The van der Waals surface area contributed by atoms with E-state index in [0.717, 1.165) is 16.9 Å². The molecule has 0 aliphatic rings. The van der Waals surface area contributed by atoms with Gasteiger partial charge in [-0.05, 0) is 81.3 Å². The fourth-order valence-electron chi connectivity index (χ4n) is 3.80. The second kappa shape index (κ2) is 9.07. The van der Waals surface area contributed by atoms with Gasteiger partial charge in [0, 0.05) is 34.2 Å². The number of carbonyl (C=O) groups is 1. The number of amides is 1. The number of anilines is 1. The number of hydrogen-bond donors (Lipinski definition) is 3. The van der Waals surface area contributed by atoms with Crippen molar-refractivity contribution in [3.05, 3.63) is 75.6 Å². The van der Waals surface area contributed by atoms with Crippen molar-refractivity contribution in [3.63, 3.8) is 0 Å². The second-order valence-electron chi connectivity index (χ2n) is 7.93. The molecule has 0 bridgehead atoms. The molecule has 0 spiro atoms. The summed E-state index contributed by atoms with van der Waals surface area (Å²) in [6.07, 6.45) is -0.238. The Kier molecular flexibility index (Phi) is 6.80. The van der Waals surface area contributed by atoms with E-state index in [9.17, 15) is 18.3 Å². The second-order valence-corrected chi connectivity index (χ2v) is 9.90. The van der Waals surface area contributed by atoms with Crippen molar-refractivity contribution in [2.24, 2.45) is 5.14 Å². The number of carbonyl (C=O) groups excluding carboxylic acids is 1. The fraction of sp³-hybridized carbons (Fsp3) is 0.261. The number of hydrogen-bond acceptors (Lipinski definition) is 4. The Morgan fingerprint density at radius 2 is 1.81 bits per heavy atom. The van der Waals surface area contributed by atoms with E-state index in [4.69, 9.17) is 16.7 Å². The van der Waals surface area contributed by atoms with Crippen molar-refractivity contribution >= 4 is 33.2 Å². The maximum atomic E-state index is 13.1. The average Bonchev–Trinajstić information content (AvgIpc) is 2.96. The molecule has 1 atom stereocenters. The minimum absolute atomic E-state index is 0.00951. The van der Waals surface area contributed by atoms with E-state index in [1.165, 1.54) is 12.1 Å². The SMILES string of the molecule is Cc1cc(Cl)ccc1-n1c(C[C@H](C)O)cc(C(=O)Nc2ccc(S(N)(=O)=O)c(C)c2)c1C. The number of aryl methyl sites for hydroxylation is 2. The summed E-state index contributed by atoms with van der Waals surface area (Å²) in [6, 6.07) is 11.7. The van der Waals surface area contributed by atoms with Gasteiger partial charge in [0.2, 0.25) is 10.0 Å². The number of primary sulfonamides is 1. The lowest BCUT2D eigenvalue weighted by Crippen LogP contribution is -2.16. The topological polar surface area (TPSA) is 114 Å². The fourth-order valence-corrected chi connectivity index (χ4v) is 4.80. The highest BCUT2D eigenvalue weighted by Crippen LogP contribution is 2.27. The molecule has 3 aromatic rings. The van der Waals surface area contributed by atoms with Crippen LogP contribution >= 0.6 is 11.6 Å². The van der Waals surface area contributed by atoms with Gasteiger partial charge in [0.05, 0.1) is 16.6 Å². The van der Waals surface area contributed by atoms with Gasteiger partial charge in [-0.2, -0.15) is 0 Å². The molecule has 1 aromatic heterocycles. The Hall–Kier alpha value is -2.65. The Morgan fingerprint density at radius 1 is 1.12 bits per heavy atom. The van der Waals surface area contributed by atoms with E-state index in [-0.39, 0.29) is 10.8 Å². The van der Waals surface area contributed by atoms with Gasteiger partial charge < -0.3 is 15.0 Å². The van der Waals surface area contributed by atoms with Crippen LogP contribution in [0.5, 0.6) is 0 Å². The maximum Gasteiger partial charge on any atom is 0.257 e. The normalized spacial score (nSPS) is 12.6. The van der Waals surface area contributed by atoms with Gasteiger partial charge in [0.1, 0.15) is 0 Å². The Morgan fingerprint density at radius 3 is 2.38 bits per heavy atom. The number of aliphatic hydroxyl groups excluding tert-OH is 1. The smallest absolute Gasteiger partial charge is 0.257 e. The van der Waals surface area contributed by atoms with Gasteiger partial charge in [-0.25, -0.2) is 13.6 Å². The number of rotatable bonds is 6. The van der Waals surface area contributed by atoms with Crippen LogP contribution in [0.3, 0.4) is 0 Å². The summed E-state index contributed by atoms with van der Waals surface area (Å²) in [5.41, 5.74) is 4.63. The summed E-state index contributed by atoms with van der Waals surface area (Å²) in [6.45, 7) is 7.07. The highest BCUT2D eigenvalue weighted by atomic mass is 35.5.